The lowest BCUT2D eigenvalue weighted by atomic mass is 10.1. The Bertz CT molecular complexity index is 493. The number of hydrogen-bond donors (Lipinski definition) is 2. The molecule has 4 nitrogen and oxygen atoms in total. The Morgan fingerprint density at radius 1 is 1.41 bits per heavy atom. The third-order valence-corrected chi connectivity index (χ3v) is 2.84. The quantitative estimate of drug-likeness (QED) is 0.788. The molecule has 0 aliphatic carbocycles. The van der Waals surface area contributed by atoms with Crippen molar-refractivity contribution >= 4 is 5.69 Å². The summed E-state index contributed by atoms with van der Waals surface area (Å²) in [6.45, 7) is 2.53. The summed E-state index contributed by atoms with van der Waals surface area (Å²) in [7, 11) is 0. The number of aromatic nitrogens is 2. The van der Waals surface area contributed by atoms with Crippen molar-refractivity contribution in [2.24, 2.45) is 0 Å². The smallest absolute Gasteiger partial charge is 0.108 e. The van der Waals surface area contributed by atoms with Gasteiger partial charge in [0.2, 0.25) is 0 Å². The summed E-state index contributed by atoms with van der Waals surface area (Å²) in [6, 6.07) is 7.39. The molecule has 1 heterocycles. The van der Waals surface area contributed by atoms with Crippen molar-refractivity contribution in [3.8, 4) is 0 Å². The summed E-state index contributed by atoms with van der Waals surface area (Å²) in [5, 5.41) is 10.2. The monoisotopic (exact) mass is 231 g/mol. The summed E-state index contributed by atoms with van der Waals surface area (Å²) in [5.41, 5.74) is 7.23. The largest absolute Gasteiger partial charge is 0.398 e. The maximum absolute atomic E-state index is 10.2. The summed E-state index contributed by atoms with van der Waals surface area (Å²) in [4.78, 5) is 4.22. The molecule has 17 heavy (non-hydrogen) atoms. The molecule has 1 aromatic heterocycles. The summed E-state index contributed by atoms with van der Waals surface area (Å²) in [5.74, 6) is 0.971. The highest BCUT2D eigenvalue weighted by molar-refractivity contribution is 5.47. The van der Waals surface area contributed by atoms with Gasteiger partial charge in [-0.25, -0.2) is 4.98 Å². The molecule has 2 rings (SSSR count). The molecular weight excluding hydrogens is 214 g/mol. The molecule has 90 valence electrons. The molecule has 0 saturated heterocycles. The fraction of sp³-hybridized carbons (Fsp3) is 0.308. The molecule has 1 aromatic carbocycles. The van der Waals surface area contributed by atoms with Crippen LogP contribution in [0, 0.1) is 0 Å². The second-order valence-corrected chi connectivity index (χ2v) is 3.99. The first-order chi connectivity index (χ1) is 8.22. The van der Waals surface area contributed by atoms with Crippen molar-refractivity contribution in [1.29, 1.82) is 0 Å². The van der Waals surface area contributed by atoms with Crippen LogP contribution in [0.25, 0.3) is 0 Å². The van der Waals surface area contributed by atoms with Gasteiger partial charge in [0.15, 0.2) is 0 Å². The first-order valence-electron chi connectivity index (χ1n) is 5.74. The molecule has 4 heteroatoms. The van der Waals surface area contributed by atoms with E-state index >= 15 is 0 Å². The second kappa shape index (κ2) is 5.01. The molecule has 0 bridgehead atoms. The Kier molecular flexibility index (Phi) is 3.44. The maximum atomic E-state index is 10.2. The van der Waals surface area contributed by atoms with Crippen molar-refractivity contribution < 1.29 is 5.11 Å². The minimum Gasteiger partial charge on any atom is -0.398 e. The van der Waals surface area contributed by atoms with Gasteiger partial charge in [0, 0.05) is 30.1 Å². The molecule has 1 unspecified atom stereocenters. The van der Waals surface area contributed by atoms with Crippen LogP contribution in [-0.2, 0) is 13.0 Å². The number of anilines is 1. The van der Waals surface area contributed by atoms with Gasteiger partial charge in [-0.15, -0.1) is 0 Å². The molecule has 0 saturated carbocycles. The summed E-state index contributed by atoms with van der Waals surface area (Å²) in [6.07, 6.45) is 3.88. The van der Waals surface area contributed by atoms with E-state index in [1.807, 2.05) is 35.9 Å². The highest BCUT2D eigenvalue weighted by Crippen LogP contribution is 2.21. The van der Waals surface area contributed by atoms with Gasteiger partial charge in [-0.1, -0.05) is 25.1 Å². The van der Waals surface area contributed by atoms with Crippen molar-refractivity contribution in [3.63, 3.8) is 0 Å². The van der Waals surface area contributed by atoms with Crippen LogP contribution in [0.15, 0.2) is 36.7 Å². The fourth-order valence-corrected chi connectivity index (χ4v) is 1.92. The minimum atomic E-state index is -0.601. The van der Waals surface area contributed by atoms with Crippen LogP contribution in [0.2, 0.25) is 0 Å². The van der Waals surface area contributed by atoms with Crippen LogP contribution in [0.5, 0.6) is 0 Å². The highest BCUT2D eigenvalue weighted by atomic mass is 16.3. The Hall–Kier alpha value is -1.81. The van der Waals surface area contributed by atoms with E-state index in [0.717, 1.165) is 17.8 Å². The fourth-order valence-electron chi connectivity index (χ4n) is 1.92. The third-order valence-electron chi connectivity index (χ3n) is 2.84. The molecule has 1 atom stereocenters. The maximum Gasteiger partial charge on any atom is 0.108 e. The Morgan fingerprint density at radius 3 is 2.88 bits per heavy atom. The number of aliphatic hydroxyl groups is 1. The second-order valence-electron chi connectivity index (χ2n) is 3.99. The van der Waals surface area contributed by atoms with E-state index in [-0.39, 0.29) is 0 Å². The highest BCUT2D eigenvalue weighted by Gasteiger charge is 2.12. The molecule has 2 aromatic rings. The number of imidazole rings is 1. The number of rotatable bonds is 4. The average molecular weight is 231 g/mol. The van der Waals surface area contributed by atoms with Crippen molar-refractivity contribution in [3.05, 3.63) is 48.0 Å². The van der Waals surface area contributed by atoms with Crippen LogP contribution in [0.1, 0.15) is 24.4 Å². The number of benzene rings is 1. The van der Waals surface area contributed by atoms with Gasteiger partial charge in [-0.2, -0.15) is 0 Å². The van der Waals surface area contributed by atoms with Crippen LogP contribution in [0.3, 0.4) is 0 Å². The van der Waals surface area contributed by atoms with E-state index in [1.54, 1.807) is 12.3 Å². The van der Waals surface area contributed by atoms with E-state index in [4.69, 9.17) is 5.73 Å². The molecular formula is C13H17N3O. The van der Waals surface area contributed by atoms with Crippen LogP contribution < -0.4 is 5.73 Å². The molecule has 0 radical (unpaired) electrons. The van der Waals surface area contributed by atoms with Gasteiger partial charge in [0.1, 0.15) is 5.82 Å². The Morgan fingerprint density at radius 2 is 2.18 bits per heavy atom. The van der Waals surface area contributed by atoms with Gasteiger partial charge in [0.05, 0.1) is 12.6 Å². The van der Waals surface area contributed by atoms with Gasteiger partial charge < -0.3 is 15.4 Å². The molecule has 0 aliphatic heterocycles. The molecule has 0 amide bonds. The number of nitrogens with two attached hydrogens (primary N) is 1. The van der Waals surface area contributed by atoms with Gasteiger partial charge in [-0.05, 0) is 6.07 Å². The molecule has 0 fully saturated rings. The normalized spacial score (nSPS) is 12.6. The lowest BCUT2D eigenvalue weighted by Crippen LogP contribution is -2.12. The van der Waals surface area contributed by atoms with Gasteiger partial charge >= 0.3 is 0 Å². The number of aliphatic hydroxyl groups excluding tert-OH is 1. The van der Waals surface area contributed by atoms with Crippen molar-refractivity contribution in [2.75, 3.05) is 5.73 Å². The number of para-hydroxylation sites is 1. The minimum absolute atomic E-state index is 0.484. The number of nitrogen functional groups attached to an aromatic ring is 1. The lowest BCUT2D eigenvalue weighted by molar-refractivity contribution is 0.156. The zero-order valence-corrected chi connectivity index (χ0v) is 9.87. The zero-order valence-electron chi connectivity index (χ0n) is 9.87. The summed E-state index contributed by atoms with van der Waals surface area (Å²) < 4.78 is 1.96. The third kappa shape index (κ3) is 2.47. The topological polar surface area (TPSA) is 64.1 Å². The molecule has 0 spiro atoms. The van der Waals surface area contributed by atoms with Crippen LogP contribution >= 0.6 is 0 Å². The van der Waals surface area contributed by atoms with Gasteiger partial charge in [0.25, 0.3) is 0 Å². The standard InChI is InChI=1S/C13H17N3O/c1-2-13-15-7-8-16(13)9-12(17)10-5-3-4-6-11(10)14/h3-8,12,17H,2,9,14H2,1H3. The molecule has 3 N–H and O–H groups in total. The predicted molar refractivity (Wildman–Crippen MR) is 67.4 cm³/mol. The van der Waals surface area contributed by atoms with Crippen molar-refractivity contribution in [1.82, 2.24) is 9.55 Å². The van der Waals surface area contributed by atoms with E-state index in [1.165, 1.54) is 0 Å². The van der Waals surface area contributed by atoms with Crippen LogP contribution in [-0.4, -0.2) is 14.7 Å². The molecule has 0 aliphatic rings. The van der Waals surface area contributed by atoms with E-state index in [2.05, 4.69) is 4.98 Å². The lowest BCUT2D eigenvalue weighted by Gasteiger charge is -2.15. The van der Waals surface area contributed by atoms with Crippen molar-refractivity contribution in [2.45, 2.75) is 26.0 Å². The van der Waals surface area contributed by atoms with E-state index in [0.29, 0.717) is 12.2 Å². The number of aryl methyl sites for hydroxylation is 1. The first kappa shape index (κ1) is 11.7. The number of nitrogens with zero attached hydrogens (tertiary/aromatic N) is 2. The average Bonchev–Trinajstić information content (AvgIpc) is 2.76. The van der Waals surface area contributed by atoms with Gasteiger partial charge in [-0.3, -0.25) is 0 Å². The predicted octanol–water partition coefficient (Wildman–Crippen LogP) is 1.76. The van der Waals surface area contributed by atoms with E-state index < -0.39 is 6.10 Å². The van der Waals surface area contributed by atoms with Crippen LogP contribution in [0.4, 0.5) is 5.69 Å². The Balaban J connectivity index is 2.17. The zero-order chi connectivity index (χ0) is 12.3. The van der Waals surface area contributed by atoms with E-state index in [9.17, 15) is 5.11 Å². The Labute approximate surface area is 101 Å². The SMILES string of the molecule is CCc1nccn1CC(O)c1ccccc1N. The first-order valence-corrected chi connectivity index (χ1v) is 5.74. The summed E-state index contributed by atoms with van der Waals surface area (Å²) >= 11 is 0. The number of hydrogen-bond acceptors (Lipinski definition) is 3.